The van der Waals surface area contributed by atoms with Crippen LogP contribution in [0.25, 0.3) is 0 Å². The van der Waals surface area contributed by atoms with E-state index in [0.717, 1.165) is 0 Å². The van der Waals surface area contributed by atoms with E-state index in [1.807, 2.05) is 6.92 Å². The van der Waals surface area contributed by atoms with Gasteiger partial charge in [0.25, 0.3) is 0 Å². The van der Waals surface area contributed by atoms with Crippen LogP contribution in [0.4, 0.5) is 0 Å². The van der Waals surface area contributed by atoms with Crippen molar-refractivity contribution in [1.82, 2.24) is 9.80 Å². The van der Waals surface area contributed by atoms with Crippen LogP contribution in [0.5, 0.6) is 0 Å². The number of methoxy groups -OCH3 is 1. The highest BCUT2D eigenvalue weighted by Crippen LogP contribution is 1.96. The van der Waals surface area contributed by atoms with Crippen molar-refractivity contribution in [2.75, 3.05) is 39.8 Å². The molecular formula is C13H22N2O3. The van der Waals surface area contributed by atoms with Crippen LogP contribution in [0, 0.1) is 0 Å². The lowest BCUT2D eigenvalue weighted by Gasteiger charge is -2.24. The van der Waals surface area contributed by atoms with Gasteiger partial charge in [-0.1, -0.05) is 19.1 Å². The molecule has 0 aromatic rings. The molecule has 18 heavy (non-hydrogen) atoms. The molecule has 0 aromatic heterocycles. The molecule has 0 aromatic carbocycles. The summed E-state index contributed by atoms with van der Waals surface area (Å²) in [4.78, 5) is 26.5. The predicted octanol–water partition coefficient (Wildman–Crippen LogP) is 0.682. The second kappa shape index (κ2) is 9.41. The Morgan fingerprint density at radius 2 is 1.72 bits per heavy atom. The fourth-order valence-corrected chi connectivity index (χ4v) is 1.41. The Labute approximate surface area is 109 Å². The molecule has 0 bridgehead atoms. The normalized spacial score (nSPS) is 9.94. The molecule has 0 spiro atoms. The summed E-state index contributed by atoms with van der Waals surface area (Å²) in [6.45, 7) is 11.0. The first-order valence-corrected chi connectivity index (χ1v) is 5.87. The Morgan fingerprint density at radius 3 is 2.11 bits per heavy atom. The zero-order valence-corrected chi connectivity index (χ0v) is 11.2. The molecule has 5 nitrogen and oxygen atoms in total. The third-order valence-corrected chi connectivity index (χ3v) is 2.44. The third kappa shape index (κ3) is 6.20. The van der Waals surface area contributed by atoms with Crippen LogP contribution >= 0.6 is 0 Å². The van der Waals surface area contributed by atoms with E-state index in [9.17, 15) is 9.59 Å². The first-order chi connectivity index (χ1) is 8.58. The maximum atomic E-state index is 12.0. The number of carbonyl (C=O) groups excluding carboxylic acids is 2. The van der Waals surface area contributed by atoms with Crippen LogP contribution in [0.15, 0.2) is 25.3 Å². The number of rotatable bonds is 9. The van der Waals surface area contributed by atoms with Crippen molar-refractivity contribution in [3.63, 3.8) is 0 Å². The van der Waals surface area contributed by atoms with Gasteiger partial charge in [-0.3, -0.25) is 14.5 Å². The summed E-state index contributed by atoms with van der Waals surface area (Å²) in [7, 11) is 1.33. The van der Waals surface area contributed by atoms with Gasteiger partial charge < -0.3 is 9.64 Å². The van der Waals surface area contributed by atoms with Crippen molar-refractivity contribution in [3.05, 3.63) is 25.3 Å². The van der Waals surface area contributed by atoms with Crippen molar-refractivity contribution < 1.29 is 14.3 Å². The van der Waals surface area contributed by atoms with Crippen LogP contribution < -0.4 is 0 Å². The summed E-state index contributed by atoms with van der Waals surface area (Å²) in [5, 5.41) is 0. The molecule has 102 valence electrons. The largest absolute Gasteiger partial charge is 0.468 e. The van der Waals surface area contributed by atoms with Crippen LogP contribution in [-0.4, -0.2) is 61.5 Å². The Bertz CT molecular complexity index is 293. The smallest absolute Gasteiger partial charge is 0.319 e. The van der Waals surface area contributed by atoms with Gasteiger partial charge in [0, 0.05) is 13.1 Å². The first kappa shape index (κ1) is 16.4. The van der Waals surface area contributed by atoms with E-state index in [1.54, 1.807) is 22.0 Å². The minimum Gasteiger partial charge on any atom is -0.468 e. The molecule has 0 aliphatic heterocycles. The summed E-state index contributed by atoms with van der Waals surface area (Å²) >= 11 is 0. The minimum atomic E-state index is -0.344. The van der Waals surface area contributed by atoms with Crippen molar-refractivity contribution in [2.24, 2.45) is 0 Å². The average Bonchev–Trinajstić information content (AvgIpc) is 2.37. The highest BCUT2D eigenvalue weighted by Gasteiger charge is 2.16. The SMILES string of the molecule is C=CCN(CC=C)C(=O)CN(CC)CC(=O)OC. The molecule has 0 unspecified atom stereocenters. The number of nitrogens with zero attached hydrogens (tertiary/aromatic N) is 2. The van der Waals surface area contributed by atoms with Gasteiger partial charge in [0.15, 0.2) is 0 Å². The van der Waals surface area contributed by atoms with Gasteiger partial charge in [-0.25, -0.2) is 0 Å². The highest BCUT2D eigenvalue weighted by molar-refractivity contribution is 5.79. The molecule has 0 rings (SSSR count). The van der Waals surface area contributed by atoms with Crippen LogP contribution in [0.2, 0.25) is 0 Å². The molecule has 5 heteroatoms. The Kier molecular flexibility index (Phi) is 8.57. The lowest BCUT2D eigenvalue weighted by atomic mass is 10.3. The summed E-state index contributed by atoms with van der Waals surface area (Å²) in [6, 6.07) is 0. The average molecular weight is 254 g/mol. The van der Waals surface area contributed by atoms with Gasteiger partial charge >= 0.3 is 5.97 Å². The number of hydrogen-bond donors (Lipinski definition) is 0. The number of esters is 1. The molecule has 0 saturated carbocycles. The fraction of sp³-hybridized carbons (Fsp3) is 0.538. The maximum absolute atomic E-state index is 12.0. The van der Waals surface area contributed by atoms with Crippen LogP contribution in [-0.2, 0) is 14.3 Å². The monoisotopic (exact) mass is 254 g/mol. The standard InChI is InChI=1S/C13H22N2O3/c1-5-8-15(9-6-2)12(16)10-14(7-3)11-13(17)18-4/h5-6H,1-2,7-11H2,3-4H3. The van der Waals surface area contributed by atoms with Gasteiger partial charge in [0.1, 0.15) is 0 Å². The van der Waals surface area contributed by atoms with Gasteiger partial charge in [-0.2, -0.15) is 0 Å². The number of likely N-dealkylation sites (N-methyl/N-ethyl adjacent to an activating group) is 1. The molecule has 0 aliphatic carbocycles. The van der Waals surface area contributed by atoms with E-state index in [-0.39, 0.29) is 25.0 Å². The van der Waals surface area contributed by atoms with E-state index in [4.69, 9.17) is 0 Å². The van der Waals surface area contributed by atoms with Crippen molar-refractivity contribution in [3.8, 4) is 0 Å². The van der Waals surface area contributed by atoms with E-state index in [1.165, 1.54) is 7.11 Å². The summed E-state index contributed by atoms with van der Waals surface area (Å²) in [5.74, 6) is -0.399. The molecule has 0 N–H and O–H groups in total. The quantitative estimate of drug-likeness (QED) is 0.448. The van der Waals surface area contributed by atoms with E-state index in [0.29, 0.717) is 19.6 Å². The first-order valence-electron chi connectivity index (χ1n) is 5.87. The molecule has 0 fully saturated rings. The second-order valence-electron chi connectivity index (χ2n) is 3.76. The number of hydrogen-bond acceptors (Lipinski definition) is 4. The number of carbonyl (C=O) groups is 2. The van der Waals surface area contributed by atoms with E-state index >= 15 is 0 Å². The summed E-state index contributed by atoms with van der Waals surface area (Å²) in [5.41, 5.74) is 0. The molecule has 0 radical (unpaired) electrons. The van der Waals surface area contributed by atoms with Crippen LogP contribution in [0.1, 0.15) is 6.92 Å². The number of amides is 1. The minimum absolute atomic E-state index is 0.0550. The highest BCUT2D eigenvalue weighted by atomic mass is 16.5. The van der Waals surface area contributed by atoms with Gasteiger partial charge in [-0.15, -0.1) is 13.2 Å². The lowest BCUT2D eigenvalue weighted by Crippen LogP contribution is -2.42. The molecule has 0 aliphatic rings. The van der Waals surface area contributed by atoms with Crippen molar-refractivity contribution in [1.29, 1.82) is 0 Å². The Hall–Kier alpha value is -1.62. The van der Waals surface area contributed by atoms with Crippen LogP contribution in [0.3, 0.4) is 0 Å². The molecule has 1 amide bonds. The van der Waals surface area contributed by atoms with Gasteiger partial charge in [0.05, 0.1) is 20.2 Å². The maximum Gasteiger partial charge on any atom is 0.319 e. The van der Waals surface area contributed by atoms with Gasteiger partial charge in [0.2, 0.25) is 5.91 Å². The topological polar surface area (TPSA) is 49.9 Å². The molecule has 0 atom stereocenters. The Balaban J connectivity index is 4.41. The fourth-order valence-electron chi connectivity index (χ4n) is 1.41. The predicted molar refractivity (Wildman–Crippen MR) is 71.1 cm³/mol. The van der Waals surface area contributed by atoms with Gasteiger partial charge in [-0.05, 0) is 6.54 Å². The van der Waals surface area contributed by atoms with E-state index in [2.05, 4.69) is 17.9 Å². The molecule has 0 saturated heterocycles. The van der Waals surface area contributed by atoms with Crippen molar-refractivity contribution >= 4 is 11.9 Å². The number of ether oxygens (including phenoxy) is 1. The van der Waals surface area contributed by atoms with Crippen molar-refractivity contribution in [2.45, 2.75) is 6.92 Å². The summed E-state index contributed by atoms with van der Waals surface area (Å²) < 4.78 is 4.58. The Morgan fingerprint density at radius 1 is 1.17 bits per heavy atom. The summed E-state index contributed by atoms with van der Waals surface area (Å²) in [6.07, 6.45) is 3.33. The molecular weight excluding hydrogens is 232 g/mol. The lowest BCUT2D eigenvalue weighted by molar-refractivity contribution is -0.142. The third-order valence-electron chi connectivity index (χ3n) is 2.44. The van der Waals surface area contributed by atoms with E-state index < -0.39 is 0 Å². The molecule has 0 heterocycles. The zero-order chi connectivity index (χ0) is 14.0. The zero-order valence-electron chi connectivity index (χ0n) is 11.2. The second-order valence-corrected chi connectivity index (χ2v) is 3.76.